The Morgan fingerprint density at radius 1 is 1.38 bits per heavy atom. The van der Waals surface area contributed by atoms with Gasteiger partial charge in [0.15, 0.2) is 0 Å². The van der Waals surface area contributed by atoms with Crippen LogP contribution in [0.1, 0.15) is 30.9 Å². The van der Waals surface area contributed by atoms with Gasteiger partial charge in [-0.15, -0.1) is 0 Å². The Hall–Kier alpha value is -1.39. The average Bonchev–Trinajstić information content (AvgIpc) is 2.42. The summed E-state index contributed by atoms with van der Waals surface area (Å²) in [7, 11) is 0. The van der Waals surface area contributed by atoms with Gasteiger partial charge in [0.2, 0.25) is 5.91 Å². The van der Waals surface area contributed by atoms with E-state index in [-0.39, 0.29) is 11.9 Å². The zero-order valence-corrected chi connectivity index (χ0v) is 13.4. The number of piperidine rings is 1. The molecular weight excluding hydrogens is 262 g/mol. The molecule has 1 saturated heterocycles. The molecule has 1 fully saturated rings. The van der Waals surface area contributed by atoms with E-state index in [1.807, 2.05) is 19.1 Å². The van der Waals surface area contributed by atoms with Crippen LogP contribution in [0.25, 0.3) is 0 Å². The van der Waals surface area contributed by atoms with Crippen molar-refractivity contribution in [2.24, 2.45) is 11.7 Å². The average molecular weight is 289 g/mol. The van der Waals surface area contributed by atoms with Gasteiger partial charge < -0.3 is 11.1 Å². The highest BCUT2D eigenvalue weighted by atomic mass is 16.2. The van der Waals surface area contributed by atoms with Crippen molar-refractivity contribution in [2.45, 2.75) is 39.7 Å². The number of nitrogens with two attached hydrogens (primary N) is 1. The molecular formula is C17H27N3O. The highest BCUT2D eigenvalue weighted by molar-refractivity contribution is 5.93. The lowest BCUT2D eigenvalue weighted by atomic mass is 9.91. The Bertz CT molecular complexity index is 491. The molecule has 116 valence electrons. The lowest BCUT2D eigenvalue weighted by molar-refractivity contribution is -0.117. The van der Waals surface area contributed by atoms with Crippen molar-refractivity contribution in [3.63, 3.8) is 0 Å². The van der Waals surface area contributed by atoms with Crippen molar-refractivity contribution < 1.29 is 4.79 Å². The maximum Gasteiger partial charge on any atom is 0.238 e. The van der Waals surface area contributed by atoms with Gasteiger partial charge in [-0.3, -0.25) is 9.69 Å². The number of carbonyl (C=O) groups is 1. The number of carbonyl (C=O) groups excluding carboxylic acids is 1. The minimum atomic E-state index is 0.0706. The van der Waals surface area contributed by atoms with E-state index in [1.165, 1.54) is 5.56 Å². The number of hydrogen-bond acceptors (Lipinski definition) is 3. The summed E-state index contributed by atoms with van der Waals surface area (Å²) < 4.78 is 0. The molecule has 0 aliphatic carbocycles. The number of amides is 1. The van der Waals surface area contributed by atoms with Crippen LogP contribution in [0.4, 0.5) is 5.69 Å². The highest BCUT2D eigenvalue weighted by Gasteiger charge is 2.23. The summed E-state index contributed by atoms with van der Waals surface area (Å²) in [5, 5.41) is 3.01. The fraction of sp³-hybridized carbons (Fsp3) is 0.588. The van der Waals surface area contributed by atoms with Crippen LogP contribution in [-0.2, 0) is 4.79 Å². The summed E-state index contributed by atoms with van der Waals surface area (Å²) >= 11 is 0. The fourth-order valence-corrected chi connectivity index (χ4v) is 2.98. The zero-order chi connectivity index (χ0) is 15.4. The van der Waals surface area contributed by atoms with Crippen LogP contribution in [0.15, 0.2) is 18.2 Å². The van der Waals surface area contributed by atoms with Gasteiger partial charge >= 0.3 is 0 Å². The molecule has 0 bridgehead atoms. The van der Waals surface area contributed by atoms with E-state index in [0.717, 1.165) is 37.2 Å². The lowest BCUT2D eigenvalue weighted by Crippen LogP contribution is -2.42. The van der Waals surface area contributed by atoms with Crippen LogP contribution >= 0.6 is 0 Å². The highest BCUT2D eigenvalue weighted by Crippen LogP contribution is 2.20. The number of nitrogens with one attached hydrogen (secondary N) is 1. The second-order valence-electron chi connectivity index (χ2n) is 6.34. The number of anilines is 1. The third kappa shape index (κ3) is 4.55. The number of likely N-dealkylation sites (tertiary alicyclic amines) is 1. The van der Waals surface area contributed by atoms with Gasteiger partial charge in [0.05, 0.1) is 6.54 Å². The van der Waals surface area contributed by atoms with Gasteiger partial charge in [-0.05, 0) is 64.3 Å². The fourth-order valence-electron chi connectivity index (χ4n) is 2.98. The zero-order valence-electron chi connectivity index (χ0n) is 13.4. The van der Waals surface area contributed by atoms with Gasteiger partial charge in [-0.25, -0.2) is 0 Å². The molecule has 0 aromatic heterocycles. The van der Waals surface area contributed by atoms with Crippen molar-refractivity contribution >= 4 is 11.6 Å². The maximum absolute atomic E-state index is 12.2. The molecule has 1 atom stereocenters. The summed E-state index contributed by atoms with van der Waals surface area (Å²) in [6.45, 7) is 8.56. The minimum absolute atomic E-state index is 0.0706. The molecule has 21 heavy (non-hydrogen) atoms. The van der Waals surface area contributed by atoms with E-state index in [0.29, 0.717) is 12.5 Å². The molecule has 1 aliphatic heterocycles. The van der Waals surface area contributed by atoms with Gasteiger partial charge in [-0.2, -0.15) is 0 Å². The smallest absolute Gasteiger partial charge is 0.238 e. The van der Waals surface area contributed by atoms with Crippen molar-refractivity contribution in [2.75, 3.05) is 25.0 Å². The van der Waals surface area contributed by atoms with Gasteiger partial charge in [0.1, 0.15) is 0 Å². The van der Waals surface area contributed by atoms with Crippen molar-refractivity contribution in [1.82, 2.24) is 4.90 Å². The number of aryl methyl sites for hydroxylation is 2. The number of nitrogens with zero attached hydrogens (tertiary/aromatic N) is 1. The molecule has 1 heterocycles. The lowest BCUT2D eigenvalue weighted by Gasteiger charge is -2.33. The summed E-state index contributed by atoms with van der Waals surface area (Å²) in [5.74, 6) is 0.671. The van der Waals surface area contributed by atoms with Crippen LogP contribution in [0.2, 0.25) is 0 Å². The summed E-state index contributed by atoms with van der Waals surface area (Å²) in [6, 6.07) is 6.35. The topological polar surface area (TPSA) is 58.4 Å². The first-order valence-electron chi connectivity index (χ1n) is 7.80. The first-order valence-corrected chi connectivity index (χ1v) is 7.80. The Balaban J connectivity index is 1.83. The summed E-state index contributed by atoms with van der Waals surface area (Å²) in [4.78, 5) is 14.4. The van der Waals surface area contributed by atoms with Crippen LogP contribution in [0.5, 0.6) is 0 Å². The maximum atomic E-state index is 12.2. The Morgan fingerprint density at radius 2 is 2.05 bits per heavy atom. The molecule has 1 amide bonds. The largest absolute Gasteiger partial charge is 0.328 e. The SMILES string of the molecule is Cc1ccc(NC(=O)CN2CCC(C(C)N)CC2)c(C)c1. The van der Waals surface area contributed by atoms with Crippen LogP contribution < -0.4 is 11.1 Å². The molecule has 1 aromatic rings. The van der Waals surface area contributed by atoms with E-state index in [9.17, 15) is 4.79 Å². The van der Waals surface area contributed by atoms with E-state index >= 15 is 0 Å². The summed E-state index contributed by atoms with van der Waals surface area (Å²) in [6.07, 6.45) is 2.18. The Kier molecular flexibility index (Phi) is 5.37. The number of rotatable bonds is 4. The minimum Gasteiger partial charge on any atom is -0.328 e. The molecule has 1 unspecified atom stereocenters. The van der Waals surface area contributed by atoms with Crippen LogP contribution in [0.3, 0.4) is 0 Å². The van der Waals surface area contributed by atoms with Crippen molar-refractivity contribution in [1.29, 1.82) is 0 Å². The number of hydrogen-bond donors (Lipinski definition) is 2. The molecule has 0 spiro atoms. The van der Waals surface area contributed by atoms with Gasteiger partial charge in [-0.1, -0.05) is 17.7 Å². The molecule has 3 N–H and O–H groups in total. The predicted molar refractivity (Wildman–Crippen MR) is 87.4 cm³/mol. The summed E-state index contributed by atoms with van der Waals surface area (Å²) in [5.41, 5.74) is 9.18. The van der Waals surface area contributed by atoms with Gasteiger partial charge in [0.25, 0.3) is 0 Å². The number of benzene rings is 1. The molecule has 0 saturated carbocycles. The normalized spacial score (nSPS) is 18.5. The Labute approximate surface area is 127 Å². The first kappa shape index (κ1) is 16.0. The first-order chi connectivity index (χ1) is 9.95. The predicted octanol–water partition coefficient (Wildman–Crippen LogP) is 2.30. The van der Waals surface area contributed by atoms with E-state index < -0.39 is 0 Å². The third-order valence-electron chi connectivity index (χ3n) is 4.40. The van der Waals surface area contributed by atoms with Crippen LogP contribution in [0, 0.1) is 19.8 Å². The quantitative estimate of drug-likeness (QED) is 0.894. The molecule has 4 nitrogen and oxygen atoms in total. The molecule has 1 aromatic carbocycles. The van der Waals surface area contributed by atoms with Crippen LogP contribution in [-0.4, -0.2) is 36.5 Å². The third-order valence-corrected chi connectivity index (χ3v) is 4.40. The van der Waals surface area contributed by atoms with Crippen molar-refractivity contribution in [3.05, 3.63) is 29.3 Å². The molecule has 2 rings (SSSR count). The van der Waals surface area contributed by atoms with Gasteiger partial charge in [0, 0.05) is 11.7 Å². The van der Waals surface area contributed by atoms with Crippen molar-refractivity contribution in [3.8, 4) is 0 Å². The Morgan fingerprint density at radius 3 is 2.62 bits per heavy atom. The van der Waals surface area contributed by atoms with E-state index in [4.69, 9.17) is 5.73 Å². The molecule has 4 heteroatoms. The van der Waals surface area contributed by atoms with E-state index in [2.05, 4.69) is 30.1 Å². The molecule has 1 aliphatic rings. The second-order valence-corrected chi connectivity index (χ2v) is 6.34. The van der Waals surface area contributed by atoms with E-state index in [1.54, 1.807) is 0 Å². The molecule has 0 radical (unpaired) electrons. The monoisotopic (exact) mass is 289 g/mol. The second kappa shape index (κ2) is 7.05. The standard InChI is InChI=1S/C17H27N3O/c1-12-4-5-16(13(2)10-12)19-17(21)11-20-8-6-15(7-9-20)14(3)18/h4-5,10,14-15H,6-9,11,18H2,1-3H3,(H,19,21).